The van der Waals surface area contributed by atoms with Gasteiger partial charge >= 0.3 is 0 Å². The van der Waals surface area contributed by atoms with Crippen LogP contribution in [0, 0.1) is 5.82 Å². The first kappa shape index (κ1) is 21.2. The fourth-order valence-corrected chi connectivity index (χ4v) is 4.01. The van der Waals surface area contributed by atoms with Crippen molar-refractivity contribution in [1.29, 1.82) is 0 Å². The van der Waals surface area contributed by atoms with E-state index in [-0.39, 0.29) is 39.9 Å². The van der Waals surface area contributed by atoms with Crippen molar-refractivity contribution in [1.82, 2.24) is 4.98 Å². The van der Waals surface area contributed by atoms with Crippen LogP contribution in [-0.4, -0.2) is 21.1 Å². The molecule has 152 valence electrons. The second kappa shape index (κ2) is 8.86. The van der Waals surface area contributed by atoms with E-state index >= 15 is 0 Å². The standard InChI is InChI=1S/C20H17ClF2N2O3S/c1-2-15-17(9-26)29-20(24-15)11-8-16(27)10(6-7-13(11)22)19(28)25-18-12(21)4-3-5-14(18)23/h3-5,7-8,26-27H,2,6,9H2,1H3,(H,25,28). The van der Waals surface area contributed by atoms with Crippen LogP contribution in [0.4, 0.5) is 14.5 Å². The van der Waals surface area contributed by atoms with Gasteiger partial charge in [-0.05, 0) is 30.7 Å². The Hall–Kier alpha value is -2.55. The molecule has 29 heavy (non-hydrogen) atoms. The normalized spacial score (nSPS) is 14.4. The van der Waals surface area contributed by atoms with Crippen molar-refractivity contribution in [2.75, 3.05) is 5.32 Å². The molecule has 0 aliphatic heterocycles. The van der Waals surface area contributed by atoms with Crippen molar-refractivity contribution >= 4 is 40.1 Å². The lowest BCUT2D eigenvalue weighted by molar-refractivity contribution is -0.113. The number of nitrogens with zero attached hydrogens (tertiary/aromatic N) is 1. The molecule has 5 nitrogen and oxygen atoms in total. The Morgan fingerprint density at radius 3 is 2.76 bits per heavy atom. The Labute approximate surface area is 174 Å². The maximum Gasteiger partial charge on any atom is 0.255 e. The molecule has 0 bridgehead atoms. The van der Waals surface area contributed by atoms with E-state index < -0.39 is 23.3 Å². The minimum atomic E-state index is -0.805. The lowest BCUT2D eigenvalue weighted by Crippen LogP contribution is -2.17. The summed E-state index contributed by atoms with van der Waals surface area (Å²) in [6, 6.07) is 3.93. The number of anilines is 1. The summed E-state index contributed by atoms with van der Waals surface area (Å²) in [5.74, 6) is -2.67. The summed E-state index contributed by atoms with van der Waals surface area (Å²) >= 11 is 7.02. The minimum absolute atomic E-state index is 0.00331. The number of carbonyl (C=O) groups excluding carboxylic acids is 1. The number of benzene rings is 1. The zero-order valence-electron chi connectivity index (χ0n) is 15.3. The first-order valence-electron chi connectivity index (χ1n) is 8.70. The second-order valence-electron chi connectivity index (χ2n) is 6.13. The third-order valence-electron chi connectivity index (χ3n) is 4.30. The molecule has 1 aliphatic carbocycles. The number of rotatable bonds is 5. The Kier molecular flexibility index (Phi) is 6.46. The van der Waals surface area contributed by atoms with Crippen LogP contribution < -0.4 is 5.32 Å². The van der Waals surface area contributed by atoms with Gasteiger partial charge in [0.1, 0.15) is 22.4 Å². The van der Waals surface area contributed by atoms with Crippen molar-refractivity contribution in [2.24, 2.45) is 0 Å². The molecule has 0 unspecified atom stereocenters. The second-order valence-corrected chi connectivity index (χ2v) is 7.62. The summed E-state index contributed by atoms with van der Waals surface area (Å²) in [5.41, 5.74) is 0.274. The largest absolute Gasteiger partial charge is 0.507 e. The van der Waals surface area contributed by atoms with E-state index in [9.17, 15) is 23.8 Å². The first-order chi connectivity index (χ1) is 13.8. The number of halogens is 3. The summed E-state index contributed by atoms with van der Waals surface area (Å²) in [6.07, 6.45) is 2.59. The molecule has 1 heterocycles. The van der Waals surface area contributed by atoms with E-state index in [0.717, 1.165) is 29.6 Å². The highest BCUT2D eigenvalue weighted by Crippen LogP contribution is 2.35. The molecule has 0 fully saturated rings. The van der Waals surface area contributed by atoms with Gasteiger partial charge in [-0.1, -0.05) is 24.6 Å². The third kappa shape index (κ3) is 4.39. The van der Waals surface area contributed by atoms with Gasteiger partial charge in [0.05, 0.1) is 33.5 Å². The van der Waals surface area contributed by atoms with Crippen LogP contribution in [0.2, 0.25) is 5.02 Å². The fraction of sp³-hybridized carbons (Fsp3) is 0.200. The van der Waals surface area contributed by atoms with Gasteiger partial charge in [-0.25, -0.2) is 13.8 Å². The average molecular weight is 439 g/mol. The van der Waals surface area contributed by atoms with Gasteiger partial charge in [-0.2, -0.15) is 0 Å². The summed E-state index contributed by atoms with van der Waals surface area (Å²) in [7, 11) is 0. The topological polar surface area (TPSA) is 82.5 Å². The molecule has 0 saturated heterocycles. The average Bonchev–Trinajstić information content (AvgIpc) is 3.05. The number of aliphatic hydroxyl groups excluding tert-OH is 2. The number of para-hydroxylation sites is 1. The number of hydrogen-bond donors (Lipinski definition) is 3. The number of amides is 1. The Balaban J connectivity index is 1.96. The van der Waals surface area contributed by atoms with Crippen LogP contribution in [0.15, 0.2) is 47.5 Å². The highest BCUT2D eigenvalue weighted by molar-refractivity contribution is 7.12. The van der Waals surface area contributed by atoms with Gasteiger partial charge in [0.25, 0.3) is 5.91 Å². The maximum absolute atomic E-state index is 14.7. The zero-order valence-corrected chi connectivity index (χ0v) is 16.9. The predicted octanol–water partition coefficient (Wildman–Crippen LogP) is 5.08. The lowest BCUT2D eigenvalue weighted by atomic mass is 10.1. The SMILES string of the molecule is CCc1nc(C2=CC(O)=C(C(=O)Nc3c(F)cccc3Cl)CC=C2F)sc1CO. The molecular formula is C20H17ClF2N2O3S. The lowest BCUT2D eigenvalue weighted by Gasteiger charge is -2.10. The summed E-state index contributed by atoms with van der Waals surface area (Å²) in [6.45, 7) is 1.64. The minimum Gasteiger partial charge on any atom is -0.507 e. The molecule has 1 amide bonds. The molecule has 9 heteroatoms. The van der Waals surface area contributed by atoms with Crippen LogP contribution in [0.25, 0.3) is 5.57 Å². The van der Waals surface area contributed by atoms with Crippen LogP contribution >= 0.6 is 22.9 Å². The molecule has 0 atom stereocenters. The zero-order chi connectivity index (χ0) is 21.1. The van der Waals surface area contributed by atoms with Gasteiger partial charge in [0.15, 0.2) is 0 Å². The van der Waals surface area contributed by atoms with Crippen molar-refractivity contribution < 1.29 is 23.8 Å². The number of aliphatic hydroxyl groups is 2. The fourth-order valence-electron chi connectivity index (χ4n) is 2.78. The Bertz CT molecular complexity index is 1020. The van der Waals surface area contributed by atoms with E-state index in [1.54, 1.807) is 0 Å². The smallest absolute Gasteiger partial charge is 0.255 e. The number of allylic oxidation sites excluding steroid dienone is 4. The quantitative estimate of drug-likeness (QED) is 0.607. The molecule has 2 aromatic rings. The van der Waals surface area contributed by atoms with E-state index in [2.05, 4.69) is 10.3 Å². The van der Waals surface area contributed by atoms with Crippen molar-refractivity contribution in [3.05, 3.63) is 73.9 Å². The van der Waals surface area contributed by atoms with Gasteiger partial charge in [-0.3, -0.25) is 4.79 Å². The maximum atomic E-state index is 14.7. The molecular weight excluding hydrogens is 422 g/mol. The third-order valence-corrected chi connectivity index (χ3v) is 5.73. The predicted molar refractivity (Wildman–Crippen MR) is 109 cm³/mol. The van der Waals surface area contributed by atoms with Crippen molar-refractivity contribution in [3.8, 4) is 0 Å². The van der Waals surface area contributed by atoms with Crippen LogP contribution in [-0.2, 0) is 17.8 Å². The monoisotopic (exact) mass is 438 g/mol. The van der Waals surface area contributed by atoms with Gasteiger partial charge in [-0.15, -0.1) is 11.3 Å². The van der Waals surface area contributed by atoms with Gasteiger partial charge < -0.3 is 15.5 Å². The first-order valence-corrected chi connectivity index (χ1v) is 9.90. The summed E-state index contributed by atoms with van der Waals surface area (Å²) in [4.78, 5) is 17.5. The number of carbonyl (C=O) groups is 1. The van der Waals surface area contributed by atoms with Crippen LogP contribution in [0.3, 0.4) is 0 Å². The van der Waals surface area contributed by atoms with Crippen molar-refractivity contribution in [3.63, 3.8) is 0 Å². The number of nitrogens with one attached hydrogen (secondary N) is 1. The number of aryl methyl sites for hydroxylation is 1. The molecule has 3 rings (SSSR count). The highest BCUT2D eigenvalue weighted by Gasteiger charge is 2.23. The molecule has 0 spiro atoms. The molecule has 1 aromatic heterocycles. The van der Waals surface area contributed by atoms with Crippen LogP contribution in [0.1, 0.15) is 28.9 Å². The van der Waals surface area contributed by atoms with E-state index in [1.807, 2.05) is 6.92 Å². The summed E-state index contributed by atoms with van der Waals surface area (Å²) in [5, 5.41) is 22.4. The van der Waals surface area contributed by atoms with Gasteiger partial charge in [0, 0.05) is 12.0 Å². The summed E-state index contributed by atoms with van der Waals surface area (Å²) < 4.78 is 28.6. The number of hydrogen-bond acceptors (Lipinski definition) is 5. The Morgan fingerprint density at radius 2 is 2.14 bits per heavy atom. The van der Waals surface area contributed by atoms with Crippen molar-refractivity contribution in [2.45, 2.75) is 26.4 Å². The molecule has 1 aliphatic rings. The number of thiazole rings is 1. The van der Waals surface area contributed by atoms with E-state index in [1.165, 1.54) is 12.1 Å². The number of aromatic nitrogens is 1. The molecule has 0 radical (unpaired) electrons. The van der Waals surface area contributed by atoms with E-state index in [4.69, 9.17) is 11.6 Å². The molecule has 3 N–H and O–H groups in total. The van der Waals surface area contributed by atoms with E-state index in [0.29, 0.717) is 17.0 Å². The highest BCUT2D eigenvalue weighted by atomic mass is 35.5. The Morgan fingerprint density at radius 1 is 1.38 bits per heavy atom. The molecule has 1 aromatic carbocycles. The van der Waals surface area contributed by atoms with Crippen LogP contribution in [0.5, 0.6) is 0 Å². The molecule has 0 saturated carbocycles. The van der Waals surface area contributed by atoms with Gasteiger partial charge in [0.2, 0.25) is 0 Å².